The van der Waals surface area contributed by atoms with E-state index in [4.69, 9.17) is 16.2 Å². The highest BCUT2D eigenvalue weighted by Crippen LogP contribution is 2.28. The normalized spacial score (nSPS) is 12.7. The van der Waals surface area contributed by atoms with Gasteiger partial charge in [0.1, 0.15) is 12.4 Å². The third-order valence-corrected chi connectivity index (χ3v) is 4.45. The van der Waals surface area contributed by atoms with Crippen molar-refractivity contribution in [3.8, 4) is 11.4 Å². The summed E-state index contributed by atoms with van der Waals surface area (Å²) in [7, 11) is 0. The van der Waals surface area contributed by atoms with E-state index in [9.17, 15) is 4.79 Å². The van der Waals surface area contributed by atoms with E-state index in [1.807, 2.05) is 42.5 Å². The van der Waals surface area contributed by atoms with E-state index >= 15 is 0 Å². The third-order valence-electron chi connectivity index (χ3n) is 4.45. The fourth-order valence-electron chi connectivity index (χ4n) is 2.98. The number of fused-ring (bicyclic) bond motifs is 1. The zero-order chi connectivity index (χ0) is 18.8. The van der Waals surface area contributed by atoms with Crippen molar-refractivity contribution in [2.75, 3.05) is 11.5 Å². The van der Waals surface area contributed by atoms with Gasteiger partial charge in [0.2, 0.25) is 0 Å². The van der Waals surface area contributed by atoms with Crippen molar-refractivity contribution in [3.05, 3.63) is 71.4 Å². The first-order valence-electron chi connectivity index (χ1n) is 8.57. The van der Waals surface area contributed by atoms with Gasteiger partial charge in [-0.25, -0.2) is 14.8 Å². The van der Waals surface area contributed by atoms with Gasteiger partial charge in [-0.3, -0.25) is 4.90 Å². The molecule has 1 amide bonds. The fraction of sp³-hybridized carbons (Fsp3) is 0.150. The molecule has 7 heteroatoms. The van der Waals surface area contributed by atoms with Crippen molar-refractivity contribution in [1.82, 2.24) is 14.9 Å². The summed E-state index contributed by atoms with van der Waals surface area (Å²) >= 11 is 0. The number of nitrogen functional groups attached to an aromatic ring is 2. The molecule has 0 saturated heterocycles. The lowest BCUT2D eigenvalue weighted by atomic mass is 10.1. The van der Waals surface area contributed by atoms with Crippen molar-refractivity contribution in [3.63, 3.8) is 0 Å². The topological polar surface area (TPSA) is 107 Å². The first-order chi connectivity index (χ1) is 13.1. The molecule has 0 saturated carbocycles. The monoisotopic (exact) mass is 361 g/mol. The Kier molecular flexibility index (Phi) is 4.33. The molecule has 0 bridgehead atoms. The maximum Gasteiger partial charge on any atom is 0.410 e. The fourth-order valence-corrected chi connectivity index (χ4v) is 2.98. The molecule has 0 radical (unpaired) electrons. The number of benzene rings is 2. The van der Waals surface area contributed by atoms with E-state index in [0.717, 1.165) is 22.4 Å². The molecule has 27 heavy (non-hydrogen) atoms. The van der Waals surface area contributed by atoms with Crippen LogP contribution in [-0.2, 0) is 24.4 Å². The van der Waals surface area contributed by atoms with Gasteiger partial charge in [0.05, 0.1) is 18.8 Å². The number of carbonyl (C=O) groups is 1. The lowest BCUT2D eigenvalue weighted by Crippen LogP contribution is -2.26. The van der Waals surface area contributed by atoms with E-state index in [1.165, 1.54) is 0 Å². The van der Waals surface area contributed by atoms with Gasteiger partial charge in [-0.05, 0) is 29.8 Å². The Morgan fingerprint density at radius 3 is 2.48 bits per heavy atom. The number of nitrogens with two attached hydrogens (primary N) is 2. The first-order valence-corrected chi connectivity index (χ1v) is 8.57. The Bertz CT molecular complexity index is 974. The predicted octanol–water partition coefficient (Wildman–Crippen LogP) is 2.96. The summed E-state index contributed by atoms with van der Waals surface area (Å²) < 4.78 is 5.40. The van der Waals surface area contributed by atoms with E-state index in [2.05, 4.69) is 9.97 Å². The molecular weight excluding hydrogens is 342 g/mol. The third kappa shape index (κ3) is 3.52. The van der Waals surface area contributed by atoms with Gasteiger partial charge in [-0.15, -0.1) is 0 Å². The highest BCUT2D eigenvalue weighted by molar-refractivity contribution is 5.70. The minimum Gasteiger partial charge on any atom is -0.445 e. The maximum absolute atomic E-state index is 12.4. The Hall–Kier alpha value is -3.61. The van der Waals surface area contributed by atoms with E-state index < -0.39 is 6.09 Å². The number of rotatable bonds is 3. The largest absolute Gasteiger partial charge is 0.445 e. The van der Waals surface area contributed by atoms with Crippen molar-refractivity contribution in [2.45, 2.75) is 19.7 Å². The zero-order valence-corrected chi connectivity index (χ0v) is 14.6. The van der Waals surface area contributed by atoms with Crippen LogP contribution >= 0.6 is 0 Å². The molecule has 3 aromatic rings. The molecule has 0 atom stereocenters. The van der Waals surface area contributed by atoms with Gasteiger partial charge in [0.15, 0.2) is 5.82 Å². The quantitative estimate of drug-likeness (QED) is 0.695. The van der Waals surface area contributed by atoms with Crippen LogP contribution in [0.3, 0.4) is 0 Å². The van der Waals surface area contributed by atoms with Crippen molar-refractivity contribution in [1.29, 1.82) is 0 Å². The molecule has 136 valence electrons. The molecular formula is C20H19N5O2. The number of ether oxygens (including phenoxy) is 1. The minimum absolute atomic E-state index is 0.227. The lowest BCUT2D eigenvalue weighted by molar-refractivity contribution is 0.0953. The predicted molar refractivity (Wildman–Crippen MR) is 102 cm³/mol. The van der Waals surface area contributed by atoms with Gasteiger partial charge >= 0.3 is 6.09 Å². The Labute approximate surface area is 156 Å². The maximum atomic E-state index is 12.4. The highest BCUT2D eigenvalue weighted by Gasteiger charge is 2.28. The van der Waals surface area contributed by atoms with Gasteiger partial charge in [0, 0.05) is 16.8 Å². The second kappa shape index (κ2) is 6.95. The summed E-state index contributed by atoms with van der Waals surface area (Å²) in [5, 5.41) is 0. The molecule has 4 rings (SSSR count). The van der Waals surface area contributed by atoms with E-state index in [1.54, 1.807) is 17.0 Å². The van der Waals surface area contributed by atoms with Crippen LogP contribution in [0.15, 0.2) is 54.6 Å². The molecule has 1 aliphatic rings. The summed E-state index contributed by atoms with van der Waals surface area (Å²) in [6.45, 7) is 0.915. The number of aromatic nitrogens is 2. The molecule has 0 spiro atoms. The Morgan fingerprint density at radius 2 is 1.74 bits per heavy atom. The number of anilines is 2. The van der Waals surface area contributed by atoms with Gasteiger partial charge < -0.3 is 16.2 Å². The number of nitrogens with zero attached hydrogens (tertiary/aromatic N) is 3. The molecule has 7 nitrogen and oxygen atoms in total. The number of hydrogen-bond acceptors (Lipinski definition) is 6. The summed E-state index contributed by atoms with van der Waals surface area (Å²) in [5.41, 5.74) is 15.8. The van der Waals surface area contributed by atoms with Crippen LogP contribution in [0, 0.1) is 0 Å². The first kappa shape index (κ1) is 16.8. The standard InChI is InChI=1S/C20H19N5O2/c21-15-8-6-14(7-9-15)19-23-17-11-25(10-16(17)18(22)24-19)20(26)27-12-13-4-2-1-3-5-13/h1-9H,10-12,21H2,(H2,22,23,24). The molecule has 0 fully saturated rings. The smallest absolute Gasteiger partial charge is 0.410 e. The highest BCUT2D eigenvalue weighted by atomic mass is 16.6. The summed E-state index contributed by atoms with van der Waals surface area (Å²) in [5.74, 6) is 0.899. The van der Waals surface area contributed by atoms with Gasteiger partial charge in [-0.1, -0.05) is 30.3 Å². The van der Waals surface area contributed by atoms with Crippen LogP contribution in [0.1, 0.15) is 16.8 Å². The number of hydrogen-bond donors (Lipinski definition) is 2. The van der Waals surface area contributed by atoms with Crippen molar-refractivity contribution in [2.24, 2.45) is 0 Å². The molecule has 1 aliphatic heterocycles. The Balaban J connectivity index is 1.48. The van der Waals surface area contributed by atoms with Crippen LogP contribution in [0.4, 0.5) is 16.3 Å². The van der Waals surface area contributed by atoms with Gasteiger partial charge in [-0.2, -0.15) is 0 Å². The SMILES string of the molecule is Nc1ccc(-c2nc(N)c3c(n2)CN(C(=O)OCc2ccccc2)C3)cc1. The molecule has 1 aromatic heterocycles. The molecule has 2 aromatic carbocycles. The lowest BCUT2D eigenvalue weighted by Gasteiger charge is -2.15. The molecule has 4 N–H and O–H groups in total. The van der Waals surface area contributed by atoms with Crippen molar-refractivity contribution < 1.29 is 9.53 Å². The van der Waals surface area contributed by atoms with Crippen LogP contribution < -0.4 is 11.5 Å². The van der Waals surface area contributed by atoms with Gasteiger partial charge in [0.25, 0.3) is 0 Å². The zero-order valence-electron chi connectivity index (χ0n) is 14.6. The Morgan fingerprint density at radius 1 is 1.00 bits per heavy atom. The number of carbonyl (C=O) groups excluding carboxylic acids is 1. The van der Waals surface area contributed by atoms with Crippen LogP contribution in [0.5, 0.6) is 0 Å². The van der Waals surface area contributed by atoms with Crippen LogP contribution in [0.2, 0.25) is 0 Å². The summed E-state index contributed by atoms with van der Waals surface area (Å²) in [4.78, 5) is 22.9. The molecule has 2 heterocycles. The second-order valence-corrected chi connectivity index (χ2v) is 6.38. The van der Waals surface area contributed by atoms with Crippen LogP contribution in [-0.4, -0.2) is 21.0 Å². The summed E-state index contributed by atoms with van der Waals surface area (Å²) in [6, 6.07) is 16.8. The summed E-state index contributed by atoms with van der Waals surface area (Å²) in [6.07, 6.45) is -0.398. The van der Waals surface area contributed by atoms with Crippen molar-refractivity contribution >= 4 is 17.6 Å². The van der Waals surface area contributed by atoms with Crippen LogP contribution in [0.25, 0.3) is 11.4 Å². The molecule has 0 unspecified atom stereocenters. The number of amides is 1. The average Bonchev–Trinajstić information content (AvgIpc) is 3.12. The molecule has 0 aliphatic carbocycles. The minimum atomic E-state index is -0.398. The van der Waals surface area contributed by atoms with E-state index in [-0.39, 0.29) is 6.61 Å². The van der Waals surface area contributed by atoms with E-state index in [0.29, 0.717) is 30.4 Å². The second-order valence-electron chi connectivity index (χ2n) is 6.38. The average molecular weight is 361 g/mol.